The first-order chi connectivity index (χ1) is 8.63. The minimum atomic E-state index is -0.925. The lowest BCUT2D eigenvalue weighted by Crippen LogP contribution is -2.31. The van der Waals surface area contributed by atoms with Crippen LogP contribution in [0.1, 0.15) is 30.5 Å². The van der Waals surface area contributed by atoms with Crippen LogP contribution in [0.25, 0.3) is 0 Å². The van der Waals surface area contributed by atoms with Gasteiger partial charge < -0.3 is 9.84 Å². The maximum atomic E-state index is 11.8. The number of carboxylic acid groups (broad SMARTS) is 1. The number of amides is 1. The van der Waals surface area contributed by atoms with Crippen LogP contribution in [0.2, 0.25) is 0 Å². The zero-order valence-electron chi connectivity index (χ0n) is 10.1. The molecule has 0 aliphatic carbocycles. The summed E-state index contributed by atoms with van der Waals surface area (Å²) < 4.78 is 4.96. The average Bonchev–Trinajstić information content (AvgIpc) is 2.68. The molecule has 18 heavy (non-hydrogen) atoms. The summed E-state index contributed by atoms with van der Waals surface area (Å²) in [6.07, 6.45) is -0.560. The summed E-state index contributed by atoms with van der Waals surface area (Å²) in [6, 6.07) is 7.07. The average molecular weight is 249 g/mol. The second-order valence-corrected chi connectivity index (χ2v) is 4.14. The number of rotatable bonds is 3. The Morgan fingerprint density at radius 3 is 2.83 bits per heavy atom. The van der Waals surface area contributed by atoms with E-state index in [4.69, 9.17) is 9.84 Å². The van der Waals surface area contributed by atoms with Crippen molar-refractivity contribution < 1.29 is 19.4 Å². The molecule has 1 aliphatic heterocycles. The molecule has 2 rings (SSSR count). The largest absolute Gasteiger partial charge is 0.481 e. The van der Waals surface area contributed by atoms with Gasteiger partial charge in [0.05, 0.1) is 19.1 Å². The number of benzene rings is 1. The lowest BCUT2D eigenvalue weighted by atomic mass is 10.0. The monoisotopic (exact) mass is 249 g/mol. The Bertz CT molecular complexity index is 472. The van der Waals surface area contributed by atoms with Crippen molar-refractivity contribution in [1.29, 1.82) is 0 Å². The molecule has 0 spiro atoms. The highest BCUT2D eigenvalue weighted by atomic mass is 16.6. The van der Waals surface area contributed by atoms with Crippen LogP contribution in [-0.2, 0) is 16.1 Å². The van der Waals surface area contributed by atoms with Crippen molar-refractivity contribution in [2.45, 2.75) is 25.9 Å². The highest BCUT2D eigenvalue weighted by Crippen LogP contribution is 2.36. The molecule has 0 fully saturated rings. The standard InChI is InChI=1S/C13H15NO4/c1-2-18-13(17)14-8-9-5-3-4-6-10(9)11(14)7-12(15)16/h3-6,11H,2,7-8H2,1H3,(H,15,16). The lowest BCUT2D eigenvalue weighted by molar-refractivity contribution is -0.138. The van der Waals surface area contributed by atoms with Gasteiger partial charge in [0, 0.05) is 6.54 Å². The van der Waals surface area contributed by atoms with E-state index in [9.17, 15) is 9.59 Å². The zero-order chi connectivity index (χ0) is 13.1. The SMILES string of the molecule is CCOC(=O)N1Cc2ccccc2C1CC(=O)O. The van der Waals surface area contributed by atoms with Crippen LogP contribution in [0.4, 0.5) is 4.79 Å². The van der Waals surface area contributed by atoms with Crippen molar-refractivity contribution in [2.24, 2.45) is 0 Å². The molecule has 0 aromatic heterocycles. The fourth-order valence-electron chi connectivity index (χ4n) is 2.25. The number of aliphatic carboxylic acids is 1. The van der Waals surface area contributed by atoms with Gasteiger partial charge >= 0.3 is 12.1 Å². The van der Waals surface area contributed by atoms with E-state index >= 15 is 0 Å². The van der Waals surface area contributed by atoms with Crippen LogP contribution >= 0.6 is 0 Å². The molecule has 0 radical (unpaired) electrons. The van der Waals surface area contributed by atoms with Crippen molar-refractivity contribution in [3.63, 3.8) is 0 Å². The molecule has 1 unspecified atom stereocenters. The van der Waals surface area contributed by atoms with Gasteiger partial charge in [-0.2, -0.15) is 0 Å². The van der Waals surface area contributed by atoms with E-state index in [1.807, 2.05) is 24.3 Å². The zero-order valence-corrected chi connectivity index (χ0v) is 10.1. The predicted octanol–water partition coefficient (Wildman–Crippen LogP) is 2.17. The third-order valence-corrected chi connectivity index (χ3v) is 3.00. The molecular formula is C13H15NO4. The van der Waals surface area contributed by atoms with Gasteiger partial charge in [0.25, 0.3) is 0 Å². The topological polar surface area (TPSA) is 66.8 Å². The van der Waals surface area contributed by atoms with Crippen molar-refractivity contribution in [3.05, 3.63) is 35.4 Å². The normalized spacial score (nSPS) is 17.4. The minimum Gasteiger partial charge on any atom is -0.481 e. The summed E-state index contributed by atoms with van der Waals surface area (Å²) in [4.78, 5) is 24.2. The smallest absolute Gasteiger partial charge is 0.410 e. The molecule has 96 valence electrons. The van der Waals surface area contributed by atoms with E-state index < -0.39 is 18.1 Å². The molecular weight excluding hydrogens is 234 g/mol. The van der Waals surface area contributed by atoms with Gasteiger partial charge in [-0.15, -0.1) is 0 Å². The van der Waals surface area contributed by atoms with E-state index in [1.165, 1.54) is 4.90 Å². The van der Waals surface area contributed by atoms with Gasteiger partial charge in [0.2, 0.25) is 0 Å². The maximum Gasteiger partial charge on any atom is 0.410 e. The molecule has 1 aromatic rings. The Morgan fingerprint density at radius 2 is 2.17 bits per heavy atom. The lowest BCUT2D eigenvalue weighted by Gasteiger charge is -2.23. The Hall–Kier alpha value is -2.04. The predicted molar refractivity (Wildman–Crippen MR) is 64.0 cm³/mol. The Balaban J connectivity index is 2.27. The molecule has 1 N–H and O–H groups in total. The number of fused-ring (bicyclic) bond motifs is 1. The third kappa shape index (κ3) is 2.30. The Labute approximate surface area is 105 Å². The van der Waals surface area contributed by atoms with Gasteiger partial charge in [0.15, 0.2) is 0 Å². The summed E-state index contributed by atoms with van der Waals surface area (Å²) in [5, 5.41) is 8.95. The number of hydrogen-bond donors (Lipinski definition) is 1. The molecule has 1 heterocycles. The van der Waals surface area contributed by atoms with E-state index in [2.05, 4.69) is 0 Å². The first kappa shape index (κ1) is 12.4. The fourth-order valence-corrected chi connectivity index (χ4v) is 2.25. The number of ether oxygens (including phenoxy) is 1. The summed E-state index contributed by atoms with van der Waals surface area (Å²) in [6.45, 7) is 2.42. The maximum absolute atomic E-state index is 11.8. The van der Waals surface area contributed by atoms with Crippen molar-refractivity contribution in [2.75, 3.05) is 6.61 Å². The molecule has 5 nitrogen and oxygen atoms in total. The van der Waals surface area contributed by atoms with Crippen LogP contribution < -0.4 is 0 Å². The quantitative estimate of drug-likeness (QED) is 0.891. The molecule has 1 amide bonds. The van der Waals surface area contributed by atoms with Gasteiger partial charge in [-0.05, 0) is 18.1 Å². The highest BCUT2D eigenvalue weighted by Gasteiger charge is 2.35. The first-order valence-corrected chi connectivity index (χ1v) is 5.86. The highest BCUT2D eigenvalue weighted by molar-refractivity contribution is 5.73. The summed E-state index contributed by atoms with van der Waals surface area (Å²) in [5.74, 6) is -0.925. The van der Waals surface area contributed by atoms with Gasteiger partial charge in [0.1, 0.15) is 0 Å². The minimum absolute atomic E-state index is 0.101. The van der Waals surface area contributed by atoms with Crippen LogP contribution in [-0.4, -0.2) is 28.7 Å². The summed E-state index contributed by atoms with van der Waals surface area (Å²) in [5.41, 5.74) is 1.88. The Morgan fingerprint density at radius 1 is 1.44 bits per heavy atom. The van der Waals surface area contributed by atoms with Gasteiger partial charge in [-0.1, -0.05) is 24.3 Å². The van der Waals surface area contributed by atoms with Crippen LogP contribution in [0.15, 0.2) is 24.3 Å². The molecule has 0 saturated carbocycles. The number of carboxylic acids is 1. The van der Waals surface area contributed by atoms with Crippen LogP contribution in [0.5, 0.6) is 0 Å². The molecule has 0 saturated heterocycles. The second kappa shape index (κ2) is 5.08. The van der Waals surface area contributed by atoms with Crippen LogP contribution in [0.3, 0.4) is 0 Å². The number of hydrogen-bond acceptors (Lipinski definition) is 3. The van der Waals surface area contributed by atoms with Gasteiger partial charge in [-0.3, -0.25) is 9.69 Å². The summed E-state index contributed by atoms with van der Waals surface area (Å²) in [7, 11) is 0. The van der Waals surface area contributed by atoms with Gasteiger partial charge in [-0.25, -0.2) is 4.79 Å². The molecule has 1 aliphatic rings. The van der Waals surface area contributed by atoms with Crippen molar-refractivity contribution >= 4 is 12.1 Å². The van der Waals surface area contributed by atoms with Crippen molar-refractivity contribution in [3.8, 4) is 0 Å². The van der Waals surface area contributed by atoms with Crippen LogP contribution in [0, 0.1) is 0 Å². The van der Waals surface area contributed by atoms with E-state index in [1.54, 1.807) is 6.92 Å². The molecule has 0 bridgehead atoms. The molecule has 5 heteroatoms. The first-order valence-electron chi connectivity index (χ1n) is 5.86. The van der Waals surface area contributed by atoms with E-state index in [0.717, 1.165) is 11.1 Å². The summed E-state index contributed by atoms with van der Waals surface area (Å²) >= 11 is 0. The van der Waals surface area contributed by atoms with E-state index in [-0.39, 0.29) is 13.0 Å². The molecule has 1 aromatic carbocycles. The number of nitrogens with zero attached hydrogens (tertiary/aromatic N) is 1. The number of carbonyl (C=O) groups is 2. The third-order valence-electron chi connectivity index (χ3n) is 3.00. The fraction of sp³-hybridized carbons (Fsp3) is 0.385. The van der Waals surface area contributed by atoms with E-state index in [0.29, 0.717) is 6.54 Å². The second-order valence-electron chi connectivity index (χ2n) is 4.14. The molecule has 1 atom stereocenters. The Kier molecular flexibility index (Phi) is 3.50. The number of carbonyl (C=O) groups excluding carboxylic acids is 1. The van der Waals surface area contributed by atoms with Crippen molar-refractivity contribution in [1.82, 2.24) is 4.90 Å².